The summed E-state index contributed by atoms with van der Waals surface area (Å²) in [4.78, 5) is 2.45. The zero-order valence-electron chi connectivity index (χ0n) is 11.0. The third-order valence-corrected chi connectivity index (χ3v) is 3.26. The Morgan fingerprint density at radius 1 is 1.11 bits per heavy atom. The number of ether oxygens (including phenoxy) is 2. The molecule has 0 aliphatic carbocycles. The minimum Gasteiger partial charge on any atom is -0.497 e. The molecule has 100 valence electrons. The molecule has 0 spiro atoms. The van der Waals surface area contributed by atoms with Gasteiger partial charge in [-0.3, -0.25) is 4.90 Å². The van der Waals surface area contributed by atoms with Gasteiger partial charge in [-0.25, -0.2) is 0 Å². The van der Waals surface area contributed by atoms with Crippen molar-refractivity contribution < 1.29 is 9.47 Å². The van der Waals surface area contributed by atoms with Crippen LogP contribution >= 0.6 is 0 Å². The topological polar surface area (TPSA) is 47.7 Å². The molecule has 1 aliphatic heterocycles. The van der Waals surface area contributed by atoms with Crippen LogP contribution in [0.5, 0.6) is 11.5 Å². The van der Waals surface area contributed by atoms with Crippen LogP contribution < -0.4 is 15.2 Å². The molecule has 0 amide bonds. The van der Waals surface area contributed by atoms with Crippen LogP contribution in [0.4, 0.5) is 5.69 Å². The van der Waals surface area contributed by atoms with E-state index in [1.807, 2.05) is 12.1 Å². The molecule has 1 aromatic carbocycles. The van der Waals surface area contributed by atoms with Crippen molar-refractivity contribution in [1.29, 1.82) is 0 Å². The van der Waals surface area contributed by atoms with Crippen molar-refractivity contribution in [1.82, 2.24) is 4.90 Å². The second-order valence-corrected chi connectivity index (χ2v) is 4.69. The van der Waals surface area contributed by atoms with E-state index in [1.165, 1.54) is 32.4 Å². The van der Waals surface area contributed by atoms with Crippen molar-refractivity contribution in [2.75, 3.05) is 39.1 Å². The highest BCUT2D eigenvalue weighted by Gasteiger charge is 2.09. The number of benzene rings is 1. The lowest BCUT2D eigenvalue weighted by Crippen LogP contribution is -2.33. The highest BCUT2D eigenvalue weighted by atomic mass is 16.5. The second kappa shape index (κ2) is 6.50. The Labute approximate surface area is 109 Å². The Bertz CT molecular complexity index is 376. The number of nitrogens with two attached hydrogens (primary N) is 1. The average molecular weight is 250 g/mol. The largest absolute Gasteiger partial charge is 0.497 e. The van der Waals surface area contributed by atoms with Crippen molar-refractivity contribution >= 4 is 5.69 Å². The van der Waals surface area contributed by atoms with E-state index in [-0.39, 0.29) is 0 Å². The first-order valence-corrected chi connectivity index (χ1v) is 6.57. The SMILES string of the molecule is COc1cc(N)cc(OCCN2CCCCC2)c1. The third kappa shape index (κ3) is 3.81. The number of piperidine rings is 1. The van der Waals surface area contributed by atoms with Gasteiger partial charge in [-0.05, 0) is 25.9 Å². The van der Waals surface area contributed by atoms with Crippen LogP contribution in [-0.2, 0) is 0 Å². The van der Waals surface area contributed by atoms with Gasteiger partial charge in [0, 0.05) is 30.4 Å². The van der Waals surface area contributed by atoms with Crippen LogP contribution in [-0.4, -0.2) is 38.3 Å². The summed E-state index contributed by atoms with van der Waals surface area (Å²) >= 11 is 0. The monoisotopic (exact) mass is 250 g/mol. The number of likely N-dealkylation sites (tertiary alicyclic amines) is 1. The minimum absolute atomic E-state index is 0.669. The van der Waals surface area contributed by atoms with Crippen molar-refractivity contribution in [2.24, 2.45) is 0 Å². The summed E-state index contributed by atoms with van der Waals surface area (Å²) in [6.07, 6.45) is 3.99. The number of methoxy groups -OCH3 is 1. The molecule has 2 N–H and O–H groups in total. The molecule has 4 nitrogen and oxygen atoms in total. The fourth-order valence-electron chi connectivity index (χ4n) is 2.27. The predicted molar refractivity (Wildman–Crippen MR) is 73.2 cm³/mol. The molecule has 1 saturated heterocycles. The maximum atomic E-state index is 5.78. The number of hydrogen-bond donors (Lipinski definition) is 1. The number of nitrogens with zero attached hydrogens (tertiary/aromatic N) is 1. The van der Waals surface area contributed by atoms with E-state index < -0.39 is 0 Å². The van der Waals surface area contributed by atoms with Gasteiger partial charge in [-0.2, -0.15) is 0 Å². The molecular weight excluding hydrogens is 228 g/mol. The number of hydrogen-bond acceptors (Lipinski definition) is 4. The van der Waals surface area contributed by atoms with Crippen LogP contribution in [0.2, 0.25) is 0 Å². The van der Waals surface area contributed by atoms with Gasteiger partial charge in [0.15, 0.2) is 0 Å². The second-order valence-electron chi connectivity index (χ2n) is 4.69. The van der Waals surface area contributed by atoms with E-state index in [9.17, 15) is 0 Å². The Morgan fingerprint density at radius 3 is 2.56 bits per heavy atom. The fraction of sp³-hybridized carbons (Fsp3) is 0.571. The first-order valence-electron chi connectivity index (χ1n) is 6.57. The molecule has 0 atom stereocenters. The molecule has 4 heteroatoms. The standard InChI is InChI=1S/C14H22N2O2/c1-17-13-9-12(15)10-14(11-13)18-8-7-16-5-3-2-4-6-16/h9-11H,2-8,15H2,1H3. The van der Waals surface area contributed by atoms with Gasteiger partial charge in [0.1, 0.15) is 18.1 Å². The molecule has 2 rings (SSSR count). The number of nitrogen functional groups attached to an aromatic ring is 1. The molecule has 1 aromatic rings. The molecule has 0 aromatic heterocycles. The predicted octanol–water partition coefficient (Wildman–Crippen LogP) is 2.14. The Kier molecular flexibility index (Phi) is 4.70. The van der Waals surface area contributed by atoms with E-state index in [0.717, 1.165) is 18.0 Å². The first kappa shape index (κ1) is 13.0. The average Bonchev–Trinajstić information content (AvgIpc) is 2.39. The van der Waals surface area contributed by atoms with Crippen LogP contribution in [0.25, 0.3) is 0 Å². The van der Waals surface area contributed by atoms with Crippen LogP contribution in [0.15, 0.2) is 18.2 Å². The molecule has 0 radical (unpaired) electrons. The van der Waals surface area contributed by atoms with Gasteiger partial charge in [0.2, 0.25) is 0 Å². The zero-order valence-corrected chi connectivity index (χ0v) is 11.0. The molecule has 1 heterocycles. The summed E-state index contributed by atoms with van der Waals surface area (Å²) < 4.78 is 10.9. The minimum atomic E-state index is 0.669. The van der Waals surface area contributed by atoms with Gasteiger partial charge >= 0.3 is 0 Å². The van der Waals surface area contributed by atoms with Gasteiger partial charge in [-0.15, -0.1) is 0 Å². The van der Waals surface area contributed by atoms with Crippen molar-refractivity contribution in [3.05, 3.63) is 18.2 Å². The Morgan fingerprint density at radius 2 is 1.83 bits per heavy atom. The van der Waals surface area contributed by atoms with Crippen LogP contribution in [0, 0.1) is 0 Å². The third-order valence-electron chi connectivity index (χ3n) is 3.26. The van der Waals surface area contributed by atoms with Crippen molar-refractivity contribution in [3.63, 3.8) is 0 Å². The summed E-state index contributed by atoms with van der Waals surface area (Å²) in [7, 11) is 1.63. The molecule has 0 bridgehead atoms. The Hall–Kier alpha value is -1.42. The van der Waals surface area contributed by atoms with Crippen LogP contribution in [0.1, 0.15) is 19.3 Å². The van der Waals surface area contributed by atoms with Crippen molar-refractivity contribution in [3.8, 4) is 11.5 Å². The summed E-state index contributed by atoms with van der Waals surface area (Å²) in [6.45, 7) is 4.08. The summed E-state index contributed by atoms with van der Waals surface area (Å²) in [6, 6.07) is 5.49. The highest BCUT2D eigenvalue weighted by Crippen LogP contribution is 2.24. The number of anilines is 1. The van der Waals surface area contributed by atoms with Gasteiger partial charge < -0.3 is 15.2 Å². The molecular formula is C14H22N2O2. The molecule has 1 aliphatic rings. The van der Waals surface area contributed by atoms with E-state index in [0.29, 0.717) is 12.3 Å². The highest BCUT2D eigenvalue weighted by molar-refractivity contribution is 5.50. The van der Waals surface area contributed by atoms with E-state index in [2.05, 4.69) is 4.90 Å². The lowest BCUT2D eigenvalue weighted by atomic mass is 10.1. The Balaban J connectivity index is 1.80. The lowest BCUT2D eigenvalue weighted by molar-refractivity contribution is 0.183. The van der Waals surface area contributed by atoms with E-state index in [4.69, 9.17) is 15.2 Å². The normalized spacial score (nSPS) is 16.5. The van der Waals surface area contributed by atoms with Gasteiger partial charge in [-0.1, -0.05) is 6.42 Å². The summed E-state index contributed by atoms with van der Waals surface area (Å²) in [5, 5.41) is 0. The zero-order chi connectivity index (χ0) is 12.8. The quantitative estimate of drug-likeness (QED) is 0.813. The van der Waals surface area contributed by atoms with Gasteiger partial charge in [0.05, 0.1) is 7.11 Å². The van der Waals surface area contributed by atoms with Gasteiger partial charge in [0.25, 0.3) is 0 Å². The fourth-order valence-corrected chi connectivity index (χ4v) is 2.27. The molecule has 0 saturated carbocycles. The first-order chi connectivity index (χ1) is 8.78. The molecule has 0 unspecified atom stereocenters. The molecule has 1 fully saturated rings. The lowest BCUT2D eigenvalue weighted by Gasteiger charge is -2.26. The van der Waals surface area contributed by atoms with E-state index >= 15 is 0 Å². The maximum Gasteiger partial charge on any atom is 0.125 e. The summed E-state index contributed by atoms with van der Waals surface area (Å²) in [5.41, 5.74) is 6.45. The maximum absolute atomic E-state index is 5.78. The van der Waals surface area contributed by atoms with Crippen molar-refractivity contribution in [2.45, 2.75) is 19.3 Å². The molecule has 18 heavy (non-hydrogen) atoms. The van der Waals surface area contributed by atoms with E-state index in [1.54, 1.807) is 13.2 Å². The summed E-state index contributed by atoms with van der Waals surface area (Å²) in [5.74, 6) is 1.52. The smallest absolute Gasteiger partial charge is 0.125 e. The van der Waals surface area contributed by atoms with Crippen LogP contribution in [0.3, 0.4) is 0 Å². The number of rotatable bonds is 5.